The van der Waals surface area contributed by atoms with E-state index in [4.69, 9.17) is 9.84 Å². The van der Waals surface area contributed by atoms with Gasteiger partial charge in [0.2, 0.25) is 0 Å². The Morgan fingerprint density at radius 2 is 2.22 bits per heavy atom. The zero-order chi connectivity index (χ0) is 13.3. The Labute approximate surface area is 107 Å². The summed E-state index contributed by atoms with van der Waals surface area (Å²) in [5.74, 6) is -1.00. The van der Waals surface area contributed by atoms with Crippen molar-refractivity contribution in [3.8, 4) is 0 Å². The Hall–Kier alpha value is -1.66. The molecule has 2 aromatic heterocycles. The smallest absolute Gasteiger partial charge is 0.345 e. The van der Waals surface area contributed by atoms with E-state index in [9.17, 15) is 9.59 Å². The van der Waals surface area contributed by atoms with Crippen molar-refractivity contribution in [2.75, 3.05) is 13.7 Å². The molecule has 96 valence electrons. The Kier molecular flexibility index (Phi) is 3.49. The largest absolute Gasteiger partial charge is 0.477 e. The Morgan fingerprint density at radius 3 is 2.83 bits per heavy atom. The minimum absolute atomic E-state index is 0.161. The fourth-order valence-electron chi connectivity index (χ4n) is 1.82. The molecule has 2 rings (SSSR count). The number of carbonyl (C=O) groups is 1. The molecular formula is C12H13NO4S. The number of carboxylic acids is 1. The molecule has 2 heterocycles. The van der Waals surface area contributed by atoms with Gasteiger partial charge < -0.3 is 14.4 Å². The minimum atomic E-state index is -1.00. The van der Waals surface area contributed by atoms with Crippen molar-refractivity contribution in [3.05, 3.63) is 33.1 Å². The average molecular weight is 267 g/mol. The van der Waals surface area contributed by atoms with Gasteiger partial charge in [-0.2, -0.15) is 0 Å². The van der Waals surface area contributed by atoms with Gasteiger partial charge in [0.05, 0.1) is 12.0 Å². The van der Waals surface area contributed by atoms with Crippen LogP contribution < -0.4 is 5.56 Å². The number of aromatic carboxylic acids is 1. The van der Waals surface area contributed by atoms with Crippen molar-refractivity contribution in [1.29, 1.82) is 0 Å². The Morgan fingerprint density at radius 1 is 1.50 bits per heavy atom. The maximum absolute atomic E-state index is 12.2. The second-order valence-corrected chi connectivity index (χ2v) is 5.01. The monoisotopic (exact) mass is 267 g/mol. The van der Waals surface area contributed by atoms with E-state index in [0.29, 0.717) is 23.2 Å². The van der Waals surface area contributed by atoms with Crippen LogP contribution in [0.1, 0.15) is 15.4 Å². The maximum Gasteiger partial charge on any atom is 0.345 e. The van der Waals surface area contributed by atoms with Crippen LogP contribution >= 0.6 is 11.3 Å². The van der Waals surface area contributed by atoms with Gasteiger partial charge in [0.15, 0.2) is 0 Å². The summed E-state index contributed by atoms with van der Waals surface area (Å²) in [7, 11) is 1.58. The highest BCUT2D eigenvalue weighted by Crippen LogP contribution is 2.23. The second kappa shape index (κ2) is 4.91. The average Bonchev–Trinajstić information content (AvgIpc) is 2.73. The van der Waals surface area contributed by atoms with Gasteiger partial charge in [-0.25, -0.2) is 4.79 Å². The first-order valence-electron chi connectivity index (χ1n) is 5.41. The number of carboxylic acid groups (broad SMARTS) is 1. The molecule has 0 bridgehead atoms. The number of methoxy groups -OCH3 is 1. The quantitative estimate of drug-likeness (QED) is 0.915. The first kappa shape index (κ1) is 12.8. The van der Waals surface area contributed by atoms with Crippen LogP contribution in [-0.2, 0) is 11.3 Å². The van der Waals surface area contributed by atoms with E-state index in [1.54, 1.807) is 11.7 Å². The van der Waals surface area contributed by atoms with E-state index in [1.165, 1.54) is 6.07 Å². The van der Waals surface area contributed by atoms with E-state index >= 15 is 0 Å². The van der Waals surface area contributed by atoms with Crippen molar-refractivity contribution < 1.29 is 14.6 Å². The summed E-state index contributed by atoms with van der Waals surface area (Å²) in [5, 5.41) is 9.40. The molecule has 0 aromatic carbocycles. The van der Waals surface area contributed by atoms with Crippen molar-refractivity contribution >= 4 is 27.4 Å². The molecule has 0 aliphatic rings. The Bertz CT molecular complexity index is 656. The molecule has 0 radical (unpaired) electrons. The summed E-state index contributed by atoms with van der Waals surface area (Å²) < 4.78 is 7.27. The van der Waals surface area contributed by atoms with Crippen LogP contribution in [0, 0.1) is 6.92 Å². The molecule has 0 saturated carbocycles. The molecule has 0 spiro atoms. The number of aromatic nitrogens is 1. The van der Waals surface area contributed by atoms with Crippen LogP contribution in [0.4, 0.5) is 0 Å². The molecule has 0 aliphatic carbocycles. The summed E-state index contributed by atoms with van der Waals surface area (Å²) in [6.07, 6.45) is 0. The molecule has 6 heteroatoms. The first-order valence-corrected chi connectivity index (χ1v) is 6.22. The molecule has 0 fully saturated rings. The number of hydrogen-bond acceptors (Lipinski definition) is 4. The van der Waals surface area contributed by atoms with Gasteiger partial charge >= 0.3 is 5.97 Å². The molecule has 0 unspecified atom stereocenters. The molecule has 1 N–H and O–H groups in total. The van der Waals surface area contributed by atoms with Crippen LogP contribution in [0.5, 0.6) is 0 Å². The third-order valence-corrected chi connectivity index (χ3v) is 3.80. The van der Waals surface area contributed by atoms with Crippen LogP contribution in [0.25, 0.3) is 10.1 Å². The summed E-state index contributed by atoms with van der Waals surface area (Å²) in [5.41, 5.74) is 0.647. The maximum atomic E-state index is 12.2. The topological polar surface area (TPSA) is 68.5 Å². The van der Waals surface area contributed by atoms with Gasteiger partial charge in [-0.15, -0.1) is 11.3 Å². The van der Waals surface area contributed by atoms with Crippen LogP contribution in [0.3, 0.4) is 0 Å². The van der Waals surface area contributed by atoms with E-state index in [2.05, 4.69) is 0 Å². The van der Waals surface area contributed by atoms with Gasteiger partial charge in [-0.3, -0.25) is 4.79 Å². The number of hydrogen-bond donors (Lipinski definition) is 1. The third-order valence-electron chi connectivity index (χ3n) is 2.73. The second-order valence-electron chi connectivity index (χ2n) is 3.93. The standard InChI is InChI=1S/C12H13NO4S/c1-7-5-9-8(6-10(18-9)12(15)16)11(14)13(7)3-4-17-2/h5-6H,3-4H2,1-2H3,(H,15,16). The predicted molar refractivity (Wildman–Crippen MR) is 69.7 cm³/mol. The number of ether oxygens (including phenoxy) is 1. The van der Waals surface area contributed by atoms with E-state index in [0.717, 1.165) is 17.0 Å². The number of thiophene rings is 1. The summed E-state index contributed by atoms with van der Waals surface area (Å²) >= 11 is 1.12. The van der Waals surface area contributed by atoms with Gasteiger partial charge in [-0.05, 0) is 19.1 Å². The molecular weight excluding hydrogens is 254 g/mol. The number of fused-ring (bicyclic) bond motifs is 1. The van der Waals surface area contributed by atoms with Crippen molar-refractivity contribution in [1.82, 2.24) is 4.57 Å². The summed E-state index contributed by atoms with van der Waals surface area (Å²) in [6.45, 7) is 2.74. The fraction of sp³-hybridized carbons (Fsp3) is 0.333. The molecule has 0 amide bonds. The minimum Gasteiger partial charge on any atom is -0.477 e. The number of pyridine rings is 1. The van der Waals surface area contributed by atoms with E-state index in [1.807, 2.05) is 13.0 Å². The predicted octanol–water partition coefficient (Wildman–Crippen LogP) is 1.72. The molecule has 18 heavy (non-hydrogen) atoms. The lowest BCUT2D eigenvalue weighted by Crippen LogP contribution is -2.23. The fourth-order valence-corrected chi connectivity index (χ4v) is 2.81. The zero-order valence-electron chi connectivity index (χ0n) is 10.1. The summed E-state index contributed by atoms with van der Waals surface area (Å²) in [4.78, 5) is 23.3. The van der Waals surface area contributed by atoms with E-state index in [-0.39, 0.29) is 10.4 Å². The first-order chi connectivity index (χ1) is 8.54. The van der Waals surface area contributed by atoms with Gasteiger partial charge in [0, 0.05) is 24.0 Å². The molecule has 5 nitrogen and oxygen atoms in total. The highest BCUT2D eigenvalue weighted by atomic mass is 32.1. The highest BCUT2D eigenvalue weighted by molar-refractivity contribution is 7.20. The highest BCUT2D eigenvalue weighted by Gasteiger charge is 2.13. The SMILES string of the molecule is COCCn1c(C)cc2sc(C(=O)O)cc2c1=O. The van der Waals surface area contributed by atoms with Gasteiger partial charge in [-0.1, -0.05) is 0 Å². The van der Waals surface area contributed by atoms with Crippen molar-refractivity contribution in [2.24, 2.45) is 0 Å². The number of nitrogens with zero attached hydrogens (tertiary/aromatic N) is 1. The lowest BCUT2D eigenvalue weighted by atomic mass is 10.2. The molecule has 0 atom stereocenters. The lowest BCUT2D eigenvalue weighted by Gasteiger charge is -2.09. The molecule has 2 aromatic rings. The third kappa shape index (κ3) is 2.16. The van der Waals surface area contributed by atoms with E-state index < -0.39 is 5.97 Å². The van der Waals surface area contributed by atoms with Crippen LogP contribution in [-0.4, -0.2) is 29.4 Å². The Balaban J connectivity index is 2.61. The lowest BCUT2D eigenvalue weighted by molar-refractivity contribution is 0.0702. The van der Waals surface area contributed by atoms with Gasteiger partial charge in [0.1, 0.15) is 4.88 Å². The summed E-state index contributed by atoms with van der Waals surface area (Å²) in [6, 6.07) is 3.27. The normalized spacial score (nSPS) is 11.0. The number of rotatable bonds is 4. The van der Waals surface area contributed by atoms with Crippen molar-refractivity contribution in [2.45, 2.75) is 13.5 Å². The number of aryl methyl sites for hydroxylation is 1. The van der Waals surface area contributed by atoms with Crippen molar-refractivity contribution in [3.63, 3.8) is 0 Å². The molecule has 0 aliphatic heterocycles. The van der Waals surface area contributed by atoms with Gasteiger partial charge in [0.25, 0.3) is 5.56 Å². The molecule has 0 saturated heterocycles. The van der Waals surface area contributed by atoms with Crippen LogP contribution in [0.15, 0.2) is 16.9 Å². The zero-order valence-corrected chi connectivity index (χ0v) is 10.9. The van der Waals surface area contributed by atoms with Crippen LogP contribution in [0.2, 0.25) is 0 Å².